The fraction of sp³-hybridized carbons (Fsp3) is 0.316. The van der Waals surface area contributed by atoms with Crippen LogP contribution in [0, 0.1) is 27.7 Å². The molecule has 7 heteroatoms. The predicted molar refractivity (Wildman–Crippen MR) is 104 cm³/mol. The summed E-state index contributed by atoms with van der Waals surface area (Å²) in [5.41, 5.74) is 5.06. The van der Waals surface area contributed by atoms with Crippen LogP contribution in [0.15, 0.2) is 34.0 Å². The summed E-state index contributed by atoms with van der Waals surface area (Å²) < 4.78 is 31.8. The first-order valence-corrected chi connectivity index (χ1v) is 9.78. The highest BCUT2D eigenvalue weighted by atomic mass is 32.2. The smallest absolute Gasteiger partial charge is 0.295 e. The molecule has 0 spiro atoms. The van der Waals surface area contributed by atoms with Crippen molar-refractivity contribution >= 4 is 26.7 Å². The van der Waals surface area contributed by atoms with E-state index in [-0.39, 0.29) is 5.69 Å². The summed E-state index contributed by atoms with van der Waals surface area (Å²) in [6, 6.07) is 7.10. The molecule has 0 unspecified atom stereocenters. The van der Waals surface area contributed by atoms with Gasteiger partial charge in [-0.05, 0) is 68.1 Å². The molecule has 3 rings (SSSR count). The number of nitrogens with one attached hydrogen (secondary N) is 1. The highest BCUT2D eigenvalue weighted by molar-refractivity contribution is 7.92. The van der Waals surface area contributed by atoms with Crippen LogP contribution in [0.1, 0.15) is 22.3 Å². The standard InChI is InChI=1S/C19H23N3O3S/c1-11-9-12(2)14(4)18(13(11)3)26(24,25)20-15-7-8-16-17(10-15)22(6)19(23)21(16)5/h7-10,20H,1-6H3. The van der Waals surface area contributed by atoms with Gasteiger partial charge in [-0.3, -0.25) is 13.9 Å². The molecule has 3 aromatic rings. The van der Waals surface area contributed by atoms with Gasteiger partial charge in [-0.25, -0.2) is 13.2 Å². The second-order valence-electron chi connectivity index (χ2n) is 6.80. The van der Waals surface area contributed by atoms with Crippen LogP contribution in [0.2, 0.25) is 0 Å². The number of rotatable bonds is 3. The van der Waals surface area contributed by atoms with Gasteiger partial charge in [0.2, 0.25) is 0 Å². The minimum absolute atomic E-state index is 0.152. The highest BCUT2D eigenvalue weighted by Crippen LogP contribution is 2.28. The topological polar surface area (TPSA) is 73.1 Å². The Bertz CT molecular complexity index is 1170. The lowest BCUT2D eigenvalue weighted by atomic mass is 10.0. The Hall–Kier alpha value is -2.54. The molecule has 1 aromatic heterocycles. The number of fused-ring (bicyclic) bond motifs is 1. The molecule has 1 N–H and O–H groups in total. The molecule has 0 saturated carbocycles. The lowest BCUT2D eigenvalue weighted by Crippen LogP contribution is -2.19. The zero-order chi connectivity index (χ0) is 19.4. The van der Waals surface area contributed by atoms with Crippen LogP contribution < -0.4 is 10.4 Å². The van der Waals surface area contributed by atoms with Crippen molar-refractivity contribution in [2.45, 2.75) is 32.6 Å². The van der Waals surface area contributed by atoms with Crippen molar-refractivity contribution in [1.29, 1.82) is 0 Å². The van der Waals surface area contributed by atoms with Gasteiger partial charge >= 0.3 is 5.69 Å². The molecule has 0 aliphatic heterocycles. The van der Waals surface area contributed by atoms with Crippen molar-refractivity contribution in [1.82, 2.24) is 9.13 Å². The molecule has 0 amide bonds. The summed E-state index contributed by atoms with van der Waals surface area (Å²) in [5.74, 6) is 0. The van der Waals surface area contributed by atoms with E-state index in [1.54, 1.807) is 32.3 Å². The van der Waals surface area contributed by atoms with Gasteiger partial charge in [-0.15, -0.1) is 0 Å². The van der Waals surface area contributed by atoms with E-state index in [1.807, 2.05) is 33.8 Å². The molecule has 0 saturated heterocycles. The van der Waals surface area contributed by atoms with Gasteiger partial charge in [-0.1, -0.05) is 6.07 Å². The van der Waals surface area contributed by atoms with Crippen molar-refractivity contribution in [3.63, 3.8) is 0 Å². The molecule has 0 aliphatic rings. The van der Waals surface area contributed by atoms with E-state index in [0.717, 1.165) is 27.8 Å². The van der Waals surface area contributed by atoms with E-state index in [9.17, 15) is 13.2 Å². The van der Waals surface area contributed by atoms with Crippen LogP contribution in [0.25, 0.3) is 11.0 Å². The third-order valence-corrected chi connectivity index (χ3v) is 6.74. The van der Waals surface area contributed by atoms with Crippen molar-refractivity contribution in [2.24, 2.45) is 14.1 Å². The van der Waals surface area contributed by atoms with E-state index in [2.05, 4.69) is 4.72 Å². The van der Waals surface area contributed by atoms with E-state index in [4.69, 9.17) is 0 Å². The molecule has 6 nitrogen and oxygen atoms in total. The molecule has 1 heterocycles. The molecule has 0 bridgehead atoms. The zero-order valence-corrected chi connectivity index (χ0v) is 16.7. The number of hydrogen-bond acceptors (Lipinski definition) is 3. The first kappa shape index (κ1) is 18.3. The second-order valence-corrected chi connectivity index (χ2v) is 8.42. The maximum Gasteiger partial charge on any atom is 0.328 e. The third-order valence-electron chi connectivity index (χ3n) is 5.09. The number of nitrogens with zero attached hydrogens (tertiary/aromatic N) is 2. The zero-order valence-electron chi connectivity index (χ0n) is 15.8. The Labute approximate surface area is 153 Å². The first-order chi connectivity index (χ1) is 12.0. The van der Waals surface area contributed by atoms with Crippen molar-refractivity contribution < 1.29 is 8.42 Å². The molecule has 138 valence electrons. The number of sulfonamides is 1. The fourth-order valence-corrected chi connectivity index (χ4v) is 5.03. The monoisotopic (exact) mass is 373 g/mol. The molecule has 0 aliphatic carbocycles. The molecule has 2 aromatic carbocycles. The van der Waals surface area contributed by atoms with Gasteiger partial charge in [0.15, 0.2) is 0 Å². The van der Waals surface area contributed by atoms with Crippen LogP contribution in [0.4, 0.5) is 5.69 Å². The quantitative estimate of drug-likeness (QED) is 0.767. The Morgan fingerprint density at radius 3 is 1.96 bits per heavy atom. The molecular weight excluding hydrogens is 350 g/mol. The van der Waals surface area contributed by atoms with Crippen LogP contribution >= 0.6 is 0 Å². The highest BCUT2D eigenvalue weighted by Gasteiger charge is 2.22. The number of anilines is 1. The number of hydrogen-bond donors (Lipinski definition) is 1. The minimum atomic E-state index is -3.75. The summed E-state index contributed by atoms with van der Waals surface area (Å²) in [4.78, 5) is 12.4. The molecule has 26 heavy (non-hydrogen) atoms. The Balaban J connectivity index is 2.13. The van der Waals surface area contributed by atoms with Gasteiger partial charge in [0.05, 0.1) is 21.6 Å². The SMILES string of the molecule is Cc1cc(C)c(C)c(S(=O)(=O)Nc2ccc3c(c2)n(C)c(=O)n3C)c1C. The van der Waals surface area contributed by atoms with Crippen LogP contribution in [-0.2, 0) is 24.1 Å². The lowest BCUT2D eigenvalue weighted by Gasteiger charge is -2.17. The Kier molecular flexibility index (Phi) is 4.23. The molecule has 0 atom stereocenters. The van der Waals surface area contributed by atoms with Crippen molar-refractivity contribution in [3.05, 3.63) is 57.0 Å². The maximum atomic E-state index is 13.1. The van der Waals surface area contributed by atoms with Crippen LogP contribution in [0.3, 0.4) is 0 Å². The average Bonchev–Trinajstić information content (AvgIpc) is 2.77. The van der Waals surface area contributed by atoms with Gasteiger partial charge in [0.1, 0.15) is 0 Å². The summed E-state index contributed by atoms with van der Waals surface area (Å²) >= 11 is 0. The average molecular weight is 373 g/mol. The molecule has 0 fully saturated rings. The Morgan fingerprint density at radius 1 is 0.846 bits per heavy atom. The van der Waals surface area contributed by atoms with E-state index in [1.165, 1.54) is 9.13 Å². The van der Waals surface area contributed by atoms with Crippen LogP contribution in [-0.4, -0.2) is 17.6 Å². The van der Waals surface area contributed by atoms with E-state index in [0.29, 0.717) is 16.1 Å². The normalized spacial score (nSPS) is 11.9. The number of benzene rings is 2. The van der Waals surface area contributed by atoms with E-state index >= 15 is 0 Å². The molecular formula is C19H23N3O3S. The van der Waals surface area contributed by atoms with E-state index < -0.39 is 10.0 Å². The third kappa shape index (κ3) is 2.72. The number of imidazole rings is 1. The summed E-state index contributed by atoms with van der Waals surface area (Å²) in [5, 5.41) is 0. The van der Waals surface area contributed by atoms with Gasteiger partial charge in [-0.2, -0.15) is 0 Å². The van der Waals surface area contributed by atoms with Gasteiger partial charge in [0, 0.05) is 14.1 Å². The maximum absolute atomic E-state index is 13.1. The predicted octanol–water partition coefficient (Wildman–Crippen LogP) is 2.91. The number of aryl methyl sites for hydroxylation is 4. The molecule has 0 radical (unpaired) electrons. The summed E-state index contributed by atoms with van der Waals surface area (Å²) in [6.07, 6.45) is 0. The summed E-state index contributed by atoms with van der Waals surface area (Å²) in [6.45, 7) is 7.46. The number of aromatic nitrogens is 2. The van der Waals surface area contributed by atoms with Crippen LogP contribution in [0.5, 0.6) is 0 Å². The lowest BCUT2D eigenvalue weighted by molar-refractivity contribution is 0.599. The first-order valence-electron chi connectivity index (χ1n) is 8.30. The van der Waals surface area contributed by atoms with Gasteiger partial charge < -0.3 is 0 Å². The minimum Gasteiger partial charge on any atom is -0.295 e. The second kappa shape index (κ2) is 6.02. The fourth-order valence-electron chi connectivity index (χ4n) is 3.36. The summed E-state index contributed by atoms with van der Waals surface area (Å²) in [7, 11) is -0.390. The van der Waals surface area contributed by atoms with Crippen molar-refractivity contribution in [2.75, 3.05) is 4.72 Å². The largest absolute Gasteiger partial charge is 0.328 e. The van der Waals surface area contributed by atoms with Crippen molar-refractivity contribution in [3.8, 4) is 0 Å². The Morgan fingerprint density at radius 2 is 1.38 bits per heavy atom. The van der Waals surface area contributed by atoms with Gasteiger partial charge in [0.25, 0.3) is 10.0 Å².